The molecule has 0 radical (unpaired) electrons. The smallest absolute Gasteiger partial charge is 0.333 e. The van der Waals surface area contributed by atoms with Crippen LogP contribution in [0.2, 0.25) is 0 Å². The van der Waals surface area contributed by atoms with Gasteiger partial charge in [0.1, 0.15) is 0 Å². The second-order valence-corrected chi connectivity index (χ2v) is 8.05. The molecule has 1 N–H and O–H groups in total. The van der Waals surface area contributed by atoms with E-state index in [1.165, 1.54) is 20.0 Å². The van der Waals surface area contributed by atoms with Crippen molar-refractivity contribution in [3.63, 3.8) is 0 Å². The van der Waals surface area contributed by atoms with Gasteiger partial charge in [0.2, 0.25) is 0 Å². The van der Waals surface area contributed by atoms with Gasteiger partial charge in [-0.15, -0.1) is 0 Å². The Morgan fingerprint density at radius 1 is 1.23 bits per heavy atom. The number of methoxy groups -OCH3 is 1. The third-order valence-corrected chi connectivity index (χ3v) is 6.72. The molecule has 2 aliphatic carbocycles. The predicted molar refractivity (Wildman–Crippen MR) is 102 cm³/mol. The fraction of sp³-hybridized carbons (Fsp3) is 0.810. The van der Waals surface area contributed by atoms with Crippen LogP contribution in [-0.2, 0) is 19.1 Å². The van der Waals surface area contributed by atoms with Crippen LogP contribution in [0.25, 0.3) is 0 Å². The van der Waals surface area contributed by atoms with Crippen LogP contribution in [0.5, 0.6) is 0 Å². The number of rotatable bonds is 7. The summed E-state index contributed by atoms with van der Waals surface area (Å²) in [6.07, 6.45) is 6.71. The molecule has 3 atom stereocenters. The Bertz CT molecular complexity index is 522. The number of fused-ring (bicyclic) bond motifs is 2. The molecule has 0 aliphatic heterocycles. The summed E-state index contributed by atoms with van der Waals surface area (Å²) < 4.78 is 10.4. The highest BCUT2D eigenvalue weighted by molar-refractivity contribution is 5.89. The van der Waals surface area contributed by atoms with E-state index < -0.39 is 5.97 Å². The standard InChI is InChI=1S/C18H30O3.C3H6O2/c1-6-21-11-7-8-14(16(19)20-5)15-12-13-9-10-18(15,4)17(13,2)3;1-2-3(4)5/h8,13,15H,6-7,9-12H2,1-5H3;2H2,1H3,(H,4,5)/t13-,15?,18-;/m1./s1. The average molecular weight is 369 g/mol. The molecule has 1 unspecified atom stereocenters. The van der Waals surface area contributed by atoms with Gasteiger partial charge in [0.25, 0.3) is 0 Å². The molecule has 2 aliphatic rings. The molecule has 2 saturated carbocycles. The van der Waals surface area contributed by atoms with Crippen LogP contribution >= 0.6 is 0 Å². The quantitative estimate of drug-likeness (QED) is 0.408. The lowest BCUT2D eigenvalue weighted by atomic mass is 9.64. The van der Waals surface area contributed by atoms with Crippen LogP contribution < -0.4 is 0 Å². The number of hydrogen-bond acceptors (Lipinski definition) is 4. The van der Waals surface area contributed by atoms with E-state index in [0.717, 1.165) is 30.9 Å². The first-order valence-electron chi connectivity index (χ1n) is 9.73. The van der Waals surface area contributed by atoms with Crippen molar-refractivity contribution in [1.29, 1.82) is 0 Å². The van der Waals surface area contributed by atoms with Gasteiger partial charge < -0.3 is 14.6 Å². The second kappa shape index (κ2) is 9.54. The summed E-state index contributed by atoms with van der Waals surface area (Å²) in [5.41, 5.74) is 1.41. The molecule has 0 aromatic rings. The van der Waals surface area contributed by atoms with E-state index in [0.29, 0.717) is 17.9 Å². The Labute approximate surface area is 158 Å². The van der Waals surface area contributed by atoms with Crippen LogP contribution in [0.15, 0.2) is 11.6 Å². The minimum Gasteiger partial charge on any atom is -0.481 e. The minimum atomic E-state index is -0.745. The van der Waals surface area contributed by atoms with Crippen LogP contribution in [0.4, 0.5) is 0 Å². The van der Waals surface area contributed by atoms with Gasteiger partial charge in [0.05, 0.1) is 13.7 Å². The van der Waals surface area contributed by atoms with Crippen LogP contribution in [0.3, 0.4) is 0 Å². The number of aliphatic carboxylic acids is 1. The van der Waals surface area contributed by atoms with Gasteiger partial charge in [0.15, 0.2) is 0 Å². The van der Waals surface area contributed by atoms with E-state index in [4.69, 9.17) is 14.6 Å². The fourth-order valence-corrected chi connectivity index (χ4v) is 4.60. The van der Waals surface area contributed by atoms with Gasteiger partial charge in [-0.3, -0.25) is 4.79 Å². The highest BCUT2D eigenvalue weighted by atomic mass is 16.5. The Kier molecular flexibility index (Phi) is 8.32. The van der Waals surface area contributed by atoms with Crippen molar-refractivity contribution in [2.75, 3.05) is 20.3 Å². The lowest BCUT2D eigenvalue weighted by Crippen LogP contribution is -2.35. The first-order chi connectivity index (χ1) is 12.2. The Morgan fingerprint density at radius 3 is 2.23 bits per heavy atom. The lowest BCUT2D eigenvalue weighted by Gasteiger charge is -2.39. The normalized spacial score (nSPS) is 29.1. The Hall–Kier alpha value is -1.36. The monoisotopic (exact) mass is 368 g/mol. The maximum absolute atomic E-state index is 12.3. The molecule has 0 amide bonds. The van der Waals surface area contributed by atoms with Crippen molar-refractivity contribution in [3.05, 3.63) is 11.6 Å². The minimum absolute atomic E-state index is 0.152. The molecule has 2 fully saturated rings. The summed E-state index contributed by atoms with van der Waals surface area (Å²) in [5, 5.41) is 7.72. The summed E-state index contributed by atoms with van der Waals surface area (Å²) in [6.45, 7) is 12.1. The molecule has 5 heteroatoms. The first-order valence-corrected chi connectivity index (χ1v) is 9.73. The van der Waals surface area contributed by atoms with Gasteiger partial charge in [-0.1, -0.05) is 33.8 Å². The van der Waals surface area contributed by atoms with Crippen molar-refractivity contribution in [1.82, 2.24) is 0 Å². The van der Waals surface area contributed by atoms with Gasteiger partial charge in [-0.05, 0) is 55.3 Å². The van der Waals surface area contributed by atoms with Crippen molar-refractivity contribution in [2.45, 2.75) is 66.7 Å². The van der Waals surface area contributed by atoms with Crippen molar-refractivity contribution in [3.8, 4) is 0 Å². The third-order valence-electron chi connectivity index (χ3n) is 6.72. The molecular weight excluding hydrogens is 332 g/mol. The van der Waals surface area contributed by atoms with E-state index in [1.807, 2.05) is 6.92 Å². The van der Waals surface area contributed by atoms with E-state index in [1.54, 1.807) is 6.92 Å². The summed E-state index contributed by atoms with van der Waals surface area (Å²) in [4.78, 5) is 21.6. The average Bonchev–Trinajstić information content (AvgIpc) is 2.95. The van der Waals surface area contributed by atoms with Crippen molar-refractivity contribution in [2.24, 2.45) is 22.7 Å². The zero-order valence-electron chi connectivity index (χ0n) is 17.3. The van der Waals surface area contributed by atoms with Gasteiger partial charge in [-0.2, -0.15) is 0 Å². The lowest BCUT2D eigenvalue weighted by molar-refractivity contribution is -0.138. The van der Waals surface area contributed by atoms with Crippen LogP contribution in [-0.4, -0.2) is 37.4 Å². The SMILES string of the molecule is CCC(=O)O.CCOCCC=C(C(=O)OC)C1C[C@H]2CC[C@@]1(C)C2(C)C. The van der Waals surface area contributed by atoms with E-state index in [9.17, 15) is 9.59 Å². The first kappa shape index (κ1) is 22.7. The number of ether oxygens (including phenoxy) is 2. The zero-order valence-corrected chi connectivity index (χ0v) is 17.3. The van der Waals surface area contributed by atoms with E-state index in [2.05, 4.69) is 26.8 Å². The maximum atomic E-state index is 12.3. The van der Waals surface area contributed by atoms with E-state index in [-0.39, 0.29) is 17.8 Å². The zero-order chi connectivity index (χ0) is 20.0. The molecule has 2 bridgehead atoms. The molecule has 0 heterocycles. The molecule has 5 nitrogen and oxygen atoms in total. The maximum Gasteiger partial charge on any atom is 0.333 e. The molecule has 26 heavy (non-hydrogen) atoms. The topological polar surface area (TPSA) is 72.8 Å². The molecule has 0 aromatic carbocycles. The number of hydrogen-bond donors (Lipinski definition) is 1. The summed E-state index contributed by atoms with van der Waals surface area (Å²) in [6, 6.07) is 0. The summed E-state index contributed by atoms with van der Waals surface area (Å²) in [5.74, 6) is 0.166. The largest absolute Gasteiger partial charge is 0.481 e. The number of carboxylic acid groups (broad SMARTS) is 1. The van der Waals surface area contributed by atoms with E-state index >= 15 is 0 Å². The molecule has 150 valence electrons. The Morgan fingerprint density at radius 2 is 1.85 bits per heavy atom. The summed E-state index contributed by atoms with van der Waals surface area (Å²) in [7, 11) is 1.49. The fourth-order valence-electron chi connectivity index (χ4n) is 4.60. The van der Waals surface area contributed by atoms with Crippen molar-refractivity contribution < 1.29 is 24.2 Å². The molecular formula is C21H36O5. The summed E-state index contributed by atoms with van der Waals surface area (Å²) >= 11 is 0. The highest BCUT2D eigenvalue weighted by Crippen LogP contribution is 2.69. The van der Waals surface area contributed by atoms with Crippen LogP contribution in [0.1, 0.15) is 66.7 Å². The molecule has 0 aromatic heterocycles. The molecule has 2 rings (SSSR count). The van der Waals surface area contributed by atoms with Gasteiger partial charge in [-0.25, -0.2) is 4.79 Å². The predicted octanol–water partition coefficient (Wildman–Crippen LogP) is 4.46. The second-order valence-electron chi connectivity index (χ2n) is 8.05. The van der Waals surface area contributed by atoms with Crippen LogP contribution in [0, 0.1) is 22.7 Å². The number of esters is 1. The third kappa shape index (κ3) is 4.67. The van der Waals surface area contributed by atoms with Gasteiger partial charge in [0, 0.05) is 18.6 Å². The van der Waals surface area contributed by atoms with Crippen molar-refractivity contribution >= 4 is 11.9 Å². The number of carbonyl (C=O) groups is 2. The number of carboxylic acids is 1. The molecule has 0 saturated heterocycles. The molecule has 0 spiro atoms. The Balaban J connectivity index is 0.000000597. The highest BCUT2D eigenvalue weighted by Gasteiger charge is 2.62. The number of carbonyl (C=O) groups excluding carboxylic acids is 1. The van der Waals surface area contributed by atoms with Gasteiger partial charge >= 0.3 is 11.9 Å².